The van der Waals surface area contributed by atoms with Crippen LogP contribution in [0.3, 0.4) is 0 Å². The average molecular weight is 277 g/mol. The monoisotopic (exact) mass is 277 g/mol. The quantitative estimate of drug-likeness (QED) is 0.791. The summed E-state index contributed by atoms with van der Waals surface area (Å²) in [6.45, 7) is 7.08. The number of aromatic nitrogens is 2. The second-order valence-electron chi connectivity index (χ2n) is 6.12. The van der Waals surface area contributed by atoms with E-state index in [1.807, 2.05) is 25.1 Å². The van der Waals surface area contributed by atoms with Crippen LogP contribution in [0.15, 0.2) is 12.4 Å². The lowest BCUT2D eigenvalue weighted by molar-refractivity contribution is 0.290. The van der Waals surface area contributed by atoms with E-state index >= 15 is 0 Å². The minimum atomic E-state index is 0.649. The minimum Gasteiger partial charge on any atom is -0.363 e. The molecule has 0 N–H and O–H groups in total. The van der Waals surface area contributed by atoms with Crippen molar-refractivity contribution in [2.45, 2.75) is 19.8 Å². The number of rotatable bonds is 6. The Labute approximate surface area is 122 Å². The fourth-order valence-electron chi connectivity index (χ4n) is 2.82. The van der Waals surface area contributed by atoms with E-state index < -0.39 is 0 Å². The van der Waals surface area contributed by atoms with E-state index in [9.17, 15) is 0 Å². The fourth-order valence-corrected chi connectivity index (χ4v) is 2.82. The highest BCUT2D eigenvalue weighted by Gasteiger charge is 2.16. The normalized spacial score (nSPS) is 17.2. The highest BCUT2D eigenvalue weighted by atomic mass is 15.2. The Morgan fingerprint density at radius 3 is 2.45 bits per heavy atom. The van der Waals surface area contributed by atoms with Gasteiger partial charge in [0.15, 0.2) is 0 Å². The molecule has 1 aromatic rings. The zero-order chi connectivity index (χ0) is 14.5. The van der Waals surface area contributed by atoms with Gasteiger partial charge >= 0.3 is 0 Å². The van der Waals surface area contributed by atoms with E-state index in [-0.39, 0.29) is 0 Å². The van der Waals surface area contributed by atoms with Crippen LogP contribution in [-0.4, -0.2) is 62.2 Å². The molecular weight excluding hydrogens is 250 g/mol. The van der Waals surface area contributed by atoms with Gasteiger partial charge in [-0.15, -0.1) is 0 Å². The molecule has 0 aliphatic carbocycles. The van der Waals surface area contributed by atoms with E-state index in [1.54, 1.807) is 6.33 Å². The van der Waals surface area contributed by atoms with Gasteiger partial charge in [-0.3, -0.25) is 0 Å². The molecule has 0 unspecified atom stereocenters. The van der Waals surface area contributed by atoms with Crippen LogP contribution in [0.1, 0.15) is 19.8 Å². The summed E-state index contributed by atoms with van der Waals surface area (Å²) < 4.78 is 0. The predicted octanol–water partition coefficient (Wildman–Crippen LogP) is 1.71. The summed E-state index contributed by atoms with van der Waals surface area (Å²) in [7, 11) is 6.12. The summed E-state index contributed by atoms with van der Waals surface area (Å²) in [4.78, 5) is 15.5. The van der Waals surface area contributed by atoms with Crippen LogP contribution in [0.25, 0.3) is 0 Å². The SMILES string of the molecule is C[C@@H](CN1CCCC1)CN(C)c1cc(N(C)C)ncn1. The Morgan fingerprint density at radius 2 is 1.80 bits per heavy atom. The zero-order valence-electron chi connectivity index (χ0n) is 13.2. The smallest absolute Gasteiger partial charge is 0.133 e. The number of hydrogen-bond acceptors (Lipinski definition) is 5. The molecule has 1 aliphatic rings. The Hall–Kier alpha value is -1.36. The zero-order valence-corrected chi connectivity index (χ0v) is 13.2. The van der Waals surface area contributed by atoms with Gasteiger partial charge in [0, 0.05) is 40.3 Å². The van der Waals surface area contributed by atoms with E-state index in [0.717, 1.165) is 18.2 Å². The molecule has 0 radical (unpaired) electrons. The van der Waals surface area contributed by atoms with Crippen LogP contribution in [0.2, 0.25) is 0 Å². The van der Waals surface area contributed by atoms with Gasteiger partial charge < -0.3 is 14.7 Å². The molecule has 0 spiro atoms. The van der Waals surface area contributed by atoms with Gasteiger partial charge in [-0.2, -0.15) is 0 Å². The van der Waals surface area contributed by atoms with Crippen LogP contribution in [0.5, 0.6) is 0 Å². The summed E-state index contributed by atoms with van der Waals surface area (Å²) in [6.07, 6.45) is 4.37. The van der Waals surface area contributed by atoms with Crippen molar-refractivity contribution < 1.29 is 0 Å². The molecule has 0 amide bonds. The second kappa shape index (κ2) is 6.88. The highest BCUT2D eigenvalue weighted by molar-refractivity contribution is 5.48. The van der Waals surface area contributed by atoms with Crippen molar-refractivity contribution in [3.63, 3.8) is 0 Å². The summed E-state index contributed by atoms with van der Waals surface area (Å²) >= 11 is 0. The Kier molecular flexibility index (Phi) is 5.17. The van der Waals surface area contributed by atoms with Crippen LogP contribution in [0, 0.1) is 5.92 Å². The molecule has 2 heterocycles. The lowest BCUT2D eigenvalue weighted by Crippen LogP contribution is -2.33. The van der Waals surface area contributed by atoms with E-state index in [2.05, 4.69) is 33.7 Å². The molecule has 1 aromatic heterocycles. The standard InChI is InChI=1S/C15H27N5/c1-13(11-20-7-5-6-8-20)10-19(4)15-9-14(18(2)3)16-12-17-15/h9,12-13H,5-8,10-11H2,1-4H3/t13-/m1/s1. The third kappa shape index (κ3) is 4.07. The van der Waals surface area contributed by atoms with Gasteiger partial charge in [-0.05, 0) is 31.8 Å². The van der Waals surface area contributed by atoms with Crippen molar-refractivity contribution in [1.82, 2.24) is 14.9 Å². The molecule has 0 bridgehead atoms. The number of likely N-dealkylation sites (tertiary alicyclic amines) is 1. The maximum absolute atomic E-state index is 4.38. The lowest BCUT2D eigenvalue weighted by atomic mass is 10.1. The Morgan fingerprint density at radius 1 is 1.15 bits per heavy atom. The fraction of sp³-hybridized carbons (Fsp3) is 0.733. The van der Waals surface area contributed by atoms with E-state index in [1.165, 1.54) is 32.5 Å². The molecule has 0 saturated carbocycles. The summed E-state index contributed by atoms with van der Waals surface area (Å²) in [6, 6.07) is 2.04. The maximum atomic E-state index is 4.38. The van der Waals surface area contributed by atoms with Crippen molar-refractivity contribution in [2.24, 2.45) is 5.92 Å². The maximum Gasteiger partial charge on any atom is 0.133 e. The topological polar surface area (TPSA) is 35.5 Å². The highest BCUT2D eigenvalue weighted by Crippen LogP contribution is 2.17. The third-order valence-corrected chi connectivity index (χ3v) is 3.84. The first-order valence-corrected chi connectivity index (χ1v) is 7.49. The molecule has 20 heavy (non-hydrogen) atoms. The second-order valence-corrected chi connectivity index (χ2v) is 6.12. The van der Waals surface area contributed by atoms with Crippen molar-refractivity contribution in [3.8, 4) is 0 Å². The number of hydrogen-bond donors (Lipinski definition) is 0. The Balaban J connectivity index is 1.89. The summed E-state index contributed by atoms with van der Waals surface area (Å²) in [5.74, 6) is 2.60. The van der Waals surface area contributed by atoms with E-state index in [0.29, 0.717) is 5.92 Å². The molecule has 1 saturated heterocycles. The van der Waals surface area contributed by atoms with Crippen molar-refractivity contribution in [3.05, 3.63) is 12.4 Å². The summed E-state index contributed by atoms with van der Waals surface area (Å²) in [5.41, 5.74) is 0. The molecule has 1 atom stereocenters. The average Bonchev–Trinajstić information content (AvgIpc) is 2.91. The lowest BCUT2D eigenvalue weighted by Gasteiger charge is -2.26. The predicted molar refractivity (Wildman–Crippen MR) is 84.5 cm³/mol. The largest absolute Gasteiger partial charge is 0.363 e. The van der Waals surface area contributed by atoms with Crippen LogP contribution in [0.4, 0.5) is 11.6 Å². The van der Waals surface area contributed by atoms with Crippen molar-refractivity contribution in [1.29, 1.82) is 0 Å². The summed E-state index contributed by atoms with van der Waals surface area (Å²) in [5, 5.41) is 0. The first-order chi connectivity index (χ1) is 9.56. The Bertz CT molecular complexity index is 414. The molecule has 1 fully saturated rings. The van der Waals surface area contributed by atoms with Gasteiger partial charge in [0.05, 0.1) is 0 Å². The van der Waals surface area contributed by atoms with Gasteiger partial charge in [0.1, 0.15) is 18.0 Å². The van der Waals surface area contributed by atoms with Gasteiger partial charge in [-0.1, -0.05) is 6.92 Å². The van der Waals surface area contributed by atoms with Crippen LogP contribution < -0.4 is 9.80 Å². The first kappa shape index (κ1) is 15.0. The molecule has 1 aliphatic heterocycles. The van der Waals surface area contributed by atoms with E-state index in [4.69, 9.17) is 0 Å². The van der Waals surface area contributed by atoms with Crippen LogP contribution >= 0.6 is 0 Å². The molecule has 112 valence electrons. The number of anilines is 2. The van der Waals surface area contributed by atoms with Crippen molar-refractivity contribution >= 4 is 11.6 Å². The van der Waals surface area contributed by atoms with Gasteiger partial charge in [-0.25, -0.2) is 9.97 Å². The van der Waals surface area contributed by atoms with Crippen LogP contribution in [-0.2, 0) is 0 Å². The van der Waals surface area contributed by atoms with Crippen molar-refractivity contribution in [2.75, 3.05) is 57.1 Å². The molecule has 5 nitrogen and oxygen atoms in total. The molecule has 2 rings (SSSR count). The minimum absolute atomic E-state index is 0.649. The third-order valence-electron chi connectivity index (χ3n) is 3.84. The molecule has 5 heteroatoms. The molecule has 0 aromatic carbocycles. The first-order valence-electron chi connectivity index (χ1n) is 7.49. The van der Waals surface area contributed by atoms with Gasteiger partial charge in [0.25, 0.3) is 0 Å². The number of nitrogens with zero attached hydrogens (tertiary/aromatic N) is 5. The van der Waals surface area contributed by atoms with Gasteiger partial charge in [0.2, 0.25) is 0 Å². The molecular formula is C15H27N5.